The van der Waals surface area contributed by atoms with Crippen LogP contribution >= 0.6 is 0 Å². The fourth-order valence-electron chi connectivity index (χ4n) is 3.26. The first-order chi connectivity index (χ1) is 11.0. The van der Waals surface area contributed by atoms with Crippen LogP contribution in [0.2, 0.25) is 0 Å². The van der Waals surface area contributed by atoms with Crippen LogP contribution in [0.15, 0.2) is 24.3 Å². The summed E-state index contributed by atoms with van der Waals surface area (Å²) in [6.45, 7) is 1.72. The minimum Gasteiger partial charge on any atom is -0.388 e. The highest BCUT2D eigenvalue weighted by Gasteiger charge is 2.29. The first-order valence-electron chi connectivity index (χ1n) is 7.99. The molecule has 2 heterocycles. The molecule has 1 aromatic rings. The standard InChI is InChI=1S/C16H22N2O4S/c19-15-6-9-17(12-13-4-1-2-5-14(13)15)16(20)7-10-18-8-3-11-23(18,21)22/h1-2,4-5,15,19H,3,6-12H2. The summed E-state index contributed by atoms with van der Waals surface area (Å²) in [4.78, 5) is 14.2. The molecule has 0 radical (unpaired) electrons. The Bertz CT molecular complexity index is 689. The Hall–Kier alpha value is -1.44. The summed E-state index contributed by atoms with van der Waals surface area (Å²) in [5.74, 6) is 0.126. The van der Waals surface area contributed by atoms with Crippen molar-refractivity contribution < 1.29 is 18.3 Å². The van der Waals surface area contributed by atoms with Crippen LogP contribution in [-0.4, -0.2) is 54.0 Å². The molecule has 23 heavy (non-hydrogen) atoms. The SMILES string of the molecule is O=C(CCN1CCCS1(=O)=O)N1CCC(O)c2ccccc2C1. The third-order valence-corrected chi connectivity index (χ3v) is 6.54. The van der Waals surface area contributed by atoms with Gasteiger partial charge < -0.3 is 10.0 Å². The van der Waals surface area contributed by atoms with Crippen molar-refractivity contribution >= 4 is 15.9 Å². The highest BCUT2D eigenvalue weighted by Crippen LogP contribution is 2.26. The van der Waals surface area contributed by atoms with Gasteiger partial charge in [0.2, 0.25) is 15.9 Å². The van der Waals surface area contributed by atoms with E-state index in [9.17, 15) is 18.3 Å². The maximum absolute atomic E-state index is 12.5. The molecule has 1 fully saturated rings. The van der Waals surface area contributed by atoms with Crippen LogP contribution in [0.1, 0.15) is 36.5 Å². The van der Waals surface area contributed by atoms with Crippen LogP contribution < -0.4 is 0 Å². The molecule has 0 spiro atoms. The summed E-state index contributed by atoms with van der Waals surface area (Å²) in [7, 11) is -3.16. The number of fused-ring (bicyclic) bond motifs is 1. The van der Waals surface area contributed by atoms with Gasteiger partial charge in [0.1, 0.15) is 0 Å². The zero-order valence-corrected chi connectivity index (χ0v) is 13.8. The van der Waals surface area contributed by atoms with E-state index in [4.69, 9.17) is 0 Å². The van der Waals surface area contributed by atoms with Crippen molar-refractivity contribution in [1.29, 1.82) is 0 Å². The lowest BCUT2D eigenvalue weighted by atomic mass is 10.0. The molecule has 0 saturated carbocycles. The van der Waals surface area contributed by atoms with Crippen molar-refractivity contribution in [3.05, 3.63) is 35.4 Å². The maximum atomic E-state index is 12.5. The summed E-state index contributed by atoms with van der Waals surface area (Å²) >= 11 is 0. The number of carbonyl (C=O) groups excluding carboxylic acids is 1. The van der Waals surface area contributed by atoms with Crippen LogP contribution in [0.4, 0.5) is 0 Å². The van der Waals surface area contributed by atoms with Gasteiger partial charge in [-0.2, -0.15) is 0 Å². The molecule has 7 heteroatoms. The highest BCUT2D eigenvalue weighted by molar-refractivity contribution is 7.89. The van der Waals surface area contributed by atoms with Crippen molar-refractivity contribution in [3.8, 4) is 0 Å². The van der Waals surface area contributed by atoms with E-state index in [0.29, 0.717) is 32.5 Å². The molecule has 1 amide bonds. The van der Waals surface area contributed by atoms with Gasteiger partial charge in [0.25, 0.3) is 0 Å². The molecule has 1 N–H and O–H groups in total. The van der Waals surface area contributed by atoms with E-state index in [1.165, 1.54) is 4.31 Å². The third-order valence-electron chi connectivity index (χ3n) is 4.58. The van der Waals surface area contributed by atoms with Gasteiger partial charge in [-0.25, -0.2) is 12.7 Å². The molecule has 2 aliphatic heterocycles. The molecular weight excluding hydrogens is 316 g/mol. The predicted molar refractivity (Wildman–Crippen MR) is 86.0 cm³/mol. The number of amides is 1. The Morgan fingerprint density at radius 1 is 1.26 bits per heavy atom. The topological polar surface area (TPSA) is 77.9 Å². The van der Waals surface area contributed by atoms with Gasteiger partial charge in [-0.15, -0.1) is 0 Å². The lowest BCUT2D eigenvalue weighted by Gasteiger charge is -2.22. The quantitative estimate of drug-likeness (QED) is 0.887. The molecule has 0 aliphatic carbocycles. The van der Waals surface area contributed by atoms with Gasteiger partial charge in [0, 0.05) is 32.6 Å². The largest absolute Gasteiger partial charge is 0.388 e. The zero-order valence-electron chi connectivity index (χ0n) is 13.0. The van der Waals surface area contributed by atoms with Gasteiger partial charge in [-0.3, -0.25) is 4.79 Å². The zero-order chi connectivity index (χ0) is 16.4. The number of aliphatic hydroxyl groups is 1. The predicted octanol–water partition coefficient (Wildman–Crippen LogP) is 0.878. The molecular formula is C16H22N2O4S. The van der Waals surface area contributed by atoms with Crippen molar-refractivity contribution in [3.63, 3.8) is 0 Å². The molecule has 1 atom stereocenters. The van der Waals surface area contributed by atoms with Crippen molar-refractivity contribution in [2.24, 2.45) is 0 Å². The second-order valence-corrected chi connectivity index (χ2v) is 8.23. The van der Waals surface area contributed by atoms with Crippen LogP contribution in [0.5, 0.6) is 0 Å². The minimum absolute atomic E-state index is 0.0593. The molecule has 1 saturated heterocycles. The smallest absolute Gasteiger partial charge is 0.224 e. The van der Waals surface area contributed by atoms with E-state index in [2.05, 4.69) is 0 Å². The van der Waals surface area contributed by atoms with E-state index < -0.39 is 16.1 Å². The Balaban J connectivity index is 1.64. The minimum atomic E-state index is -3.16. The molecule has 1 unspecified atom stereocenters. The normalized spacial score (nSPS) is 24.2. The van der Waals surface area contributed by atoms with E-state index in [1.807, 2.05) is 24.3 Å². The number of sulfonamides is 1. The monoisotopic (exact) mass is 338 g/mol. The van der Waals surface area contributed by atoms with E-state index in [-0.39, 0.29) is 24.6 Å². The number of aliphatic hydroxyl groups excluding tert-OH is 1. The number of nitrogens with zero attached hydrogens (tertiary/aromatic N) is 2. The number of rotatable bonds is 3. The Morgan fingerprint density at radius 2 is 2.04 bits per heavy atom. The van der Waals surface area contributed by atoms with Crippen molar-refractivity contribution in [2.75, 3.05) is 25.4 Å². The first-order valence-corrected chi connectivity index (χ1v) is 9.60. The Labute approximate surface area is 136 Å². The number of carbonyl (C=O) groups is 1. The fourth-order valence-corrected chi connectivity index (χ4v) is 4.78. The van der Waals surface area contributed by atoms with E-state index in [1.54, 1.807) is 4.90 Å². The molecule has 126 valence electrons. The van der Waals surface area contributed by atoms with Gasteiger partial charge in [0.05, 0.1) is 11.9 Å². The van der Waals surface area contributed by atoms with Gasteiger partial charge in [-0.05, 0) is 24.0 Å². The van der Waals surface area contributed by atoms with Crippen molar-refractivity contribution in [1.82, 2.24) is 9.21 Å². The number of hydrogen-bond acceptors (Lipinski definition) is 4. The van der Waals surface area contributed by atoms with Crippen LogP contribution in [0.25, 0.3) is 0 Å². The average Bonchev–Trinajstić information content (AvgIpc) is 2.77. The second-order valence-electron chi connectivity index (χ2n) is 6.14. The lowest BCUT2D eigenvalue weighted by Crippen LogP contribution is -2.35. The fraction of sp³-hybridized carbons (Fsp3) is 0.562. The molecule has 2 aliphatic rings. The first kappa shape index (κ1) is 16.4. The molecule has 1 aromatic carbocycles. The summed E-state index contributed by atoms with van der Waals surface area (Å²) in [5.41, 5.74) is 1.84. The number of benzene rings is 1. The van der Waals surface area contributed by atoms with Crippen LogP contribution in [-0.2, 0) is 21.4 Å². The Morgan fingerprint density at radius 3 is 2.78 bits per heavy atom. The maximum Gasteiger partial charge on any atom is 0.224 e. The summed E-state index contributed by atoms with van der Waals surface area (Å²) in [6, 6.07) is 7.61. The van der Waals surface area contributed by atoms with Gasteiger partial charge >= 0.3 is 0 Å². The van der Waals surface area contributed by atoms with Gasteiger partial charge in [0.15, 0.2) is 0 Å². The highest BCUT2D eigenvalue weighted by atomic mass is 32.2. The summed E-state index contributed by atoms with van der Waals surface area (Å²) in [5, 5.41) is 10.2. The van der Waals surface area contributed by atoms with Gasteiger partial charge in [-0.1, -0.05) is 24.3 Å². The molecule has 0 bridgehead atoms. The summed E-state index contributed by atoms with van der Waals surface area (Å²) < 4.78 is 25.0. The molecule has 6 nitrogen and oxygen atoms in total. The second kappa shape index (κ2) is 6.59. The molecule has 0 aromatic heterocycles. The number of hydrogen-bond donors (Lipinski definition) is 1. The lowest BCUT2D eigenvalue weighted by molar-refractivity contribution is -0.132. The van der Waals surface area contributed by atoms with Crippen LogP contribution in [0, 0.1) is 0 Å². The Kier molecular flexibility index (Phi) is 4.70. The van der Waals surface area contributed by atoms with E-state index >= 15 is 0 Å². The molecule has 3 rings (SSSR count). The average molecular weight is 338 g/mol. The third kappa shape index (κ3) is 3.57. The summed E-state index contributed by atoms with van der Waals surface area (Å²) in [6.07, 6.45) is 0.783. The van der Waals surface area contributed by atoms with Crippen molar-refractivity contribution in [2.45, 2.75) is 31.9 Å². The van der Waals surface area contributed by atoms with Crippen LogP contribution in [0.3, 0.4) is 0 Å². The van der Waals surface area contributed by atoms with E-state index in [0.717, 1.165) is 11.1 Å².